The van der Waals surface area contributed by atoms with Gasteiger partial charge in [0.2, 0.25) is 10.0 Å². The van der Waals surface area contributed by atoms with E-state index in [1.807, 2.05) is 0 Å². The second kappa shape index (κ2) is 11.3. The highest BCUT2D eigenvalue weighted by Gasteiger charge is 2.20. The second-order valence-corrected chi connectivity index (χ2v) is 9.44. The summed E-state index contributed by atoms with van der Waals surface area (Å²) in [5.74, 6) is 0.838. The minimum absolute atomic E-state index is 0.133. The Balaban J connectivity index is 1.46. The molecule has 1 saturated heterocycles. The van der Waals surface area contributed by atoms with Crippen LogP contribution in [0, 0.1) is 0 Å². The Labute approximate surface area is 185 Å². The van der Waals surface area contributed by atoms with Crippen molar-refractivity contribution in [1.29, 1.82) is 0 Å². The quantitative estimate of drug-likeness (QED) is 0.429. The largest absolute Gasteiger partial charge is 0.357 e. The average Bonchev–Trinajstić information content (AvgIpc) is 2.76. The Hall–Kier alpha value is -2.42. The SMILES string of the molecule is CCNC(=NCCc1ccc(S(N)(=O)=O)cc1)NC1CCN(Cc2ccccc2)CC1. The summed E-state index contributed by atoms with van der Waals surface area (Å²) in [6.07, 6.45) is 2.91. The van der Waals surface area contributed by atoms with Crippen molar-refractivity contribution in [2.75, 3.05) is 26.2 Å². The lowest BCUT2D eigenvalue weighted by Gasteiger charge is -2.33. The lowest BCUT2D eigenvalue weighted by Crippen LogP contribution is -2.48. The summed E-state index contributed by atoms with van der Waals surface area (Å²) in [6, 6.07) is 17.7. The van der Waals surface area contributed by atoms with Crippen LogP contribution in [0.3, 0.4) is 0 Å². The molecule has 8 heteroatoms. The van der Waals surface area contributed by atoms with E-state index >= 15 is 0 Å². The predicted octanol–water partition coefficient (Wildman–Crippen LogP) is 2.10. The highest BCUT2D eigenvalue weighted by atomic mass is 32.2. The number of hydrogen-bond acceptors (Lipinski definition) is 4. The van der Waals surface area contributed by atoms with Crippen molar-refractivity contribution in [2.24, 2.45) is 10.1 Å². The van der Waals surface area contributed by atoms with Crippen LogP contribution in [0.25, 0.3) is 0 Å². The number of sulfonamides is 1. The topological polar surface area (TPSA) is 99.8 Å². The number of nitrogens with two attached hydrogens (primary N) is 1. The molecule has 1 aliphatic rings. The molecular weight excluding hydrogens is 410 g/mol. The first kappa shape index (κ1) is 23.2. The van der Waals surface area contributed by atoms with Gasteiger partial charge in [-0.25, -0.2) is 13.6 Å². The number of likely N-dealkylation sites (tertiary alicyclic amines) is 1. The number of piperidine rings is 1. The van der Waals surface area contributed by atoms with Crippen LogP contribution in [0.4, 0.5) is 0 Å². The molecule has 0 aliphatic carbocycles. The Morgan fingerprint density at radius 2 is 1.74 bits per heavy atom. The van der Waals surface area contributed by atoms with Crippen LogP contribution in [0.5, 0.6) is 0 Å². The first-order chi connectivity index (χ1) is 14.9. The second-order valence-electron chi connectivity index (χ2n) is 7.88. The van der Waals surface area contributed by atoms with E-state index in [0.717, 1.165) is 57.0 Å². The van der Waals surface area contributed by atoms with E-state index in [1.54, 1.807) is 24.3 Å². The molecule has 3 rings (SSSR count). The molecule has 0 bridgehead atoms. The van der Waals surface area contributed by atoms with Crippen molar-refractivity contribution in [2.45, 2.75) is 43.7 Å². The molecule has 168 valence electrons. The van der Waals surface area contributed by atoms with Crippen LogP contribution >= 0.6 is 0 Å². The molecule has 2 aromatic carbocycles. The fourth-order valence-corrected chi connectivity index (χ4v) is 4.25. The molecule has 0 saturated carbocycles. The van der Waals surface area contributed by atoms with Crippen LogP contribution in [0.1, 0.15) is 30.9 Å². The fourth-order valence-electron chi connectivity index (χ4n) is 3.73. The van der Waals surface area contributed by atoms with Gasteiger partial charge in [-0.05, 0) is 49.4 Å². The van der Waals surface area contributed by atoms with Crippen LogP contribution < -0.4 is 15.8 Å². The molecule has 1 fully saturated rings. The Bertz CT molecular complexity index is 938. The Morgan fingerprint density at radius 1 is 1.06 bits per heavy atom. The number of nitrogens with zero attached hydrogens (tertiary/aromatic N) is 2. The third-order valence-corrected chi connectivity index (χ3v) is 6.37. The standard InChI is InChI=1S/C23H33N5O2S/c1-2-25-23(26-15-12-19-8-10-22(11-9-19)31(24,29)30)27-21-13-16-28(17-14-21)18-20-6-4-3-5-7-20/h3-11,21H,2,12-18H2,1H3,(H2,24,29,30)(H2,25,26,27). The van der Waals surface area contributed by atoms with Crippen LogP contribution in [-0.2, 0) is 23.0 Å². The van der Waals surface area contributed by atoms with E-state index in [2.05, 4.69) is 52.8 Å². The van der Waals surface area contributed by atoms with Gasteiger partial charge in [-0.2, -0.15) is 0 Å². The van der Waals surface area contributed by atoms with Gasteiger partial charge in [0.05, 0.1) is 4.90 Å². The maximum atomic E-state index is 11.4. The number of primary sulfonamides is 1. The van der Waals surface area contributed by atoms with Crippen molar-refractivity contribution in [3.63, 3.8) is 0 Å². The highest BCUT2D eigenvalue weighted by Crippen LogP contribution is 2.14. The fraction of sp³-hybridized carbons (Fsp3) is 0.435. The van der Waals surface area contributed by atoms with Gasteiger partial charge in [-0.3, -0.25) is 9.89 Å². The summed E-state index contributed by atoms with van der Waals surface area (Å²) in [5, 5.41) is 12.0. The van der Waals surface area contributed by atoms with Crippen molar-refractivity contribution in [3.8, 4) is 0 Å². The van der Waals surface area contributed by atoms with E-state index in [9.17, 15) is 8.42 Å². The maximum Gasteiger partial charge on any atom is 0.238 e. The van der Waals surface area contributed by atoms with Gasteiger partial charge in [-0.1, -0.05) is 42.5 Å². The van der Waals surface area contributed by atoms with Gasteiger partial charge in [0.1, 0.15) is 0 Å². The smallest absolute Gasteiger partial charge is 0.238 e. The number of nitrogens with one attached hydrogen (secondary N) is 2. The normalized spacial score (nSPS) is 16.3. The molecule has 2 aromatic rings. The van der Waals surface area contributed by atoms with Gasteiger partial charge < -0.3 is 10.6 Å². The van der Waals surface area contributed by atoms with Gasteiger partial charge in [0.15, 0.2) is 5.96 Å². The zero-order valence-electron chi connectivity index (χ0n) is 18.1. The summed E-state index contributed by atoms with van der Waals surface area (Å²) >= 11 is 0. The van der Waals surface area contributed by atoms with E-state index in [-0.39, 0.29) is 4.90 Å². The number of guanidine groups is 1. The summed E-state index contributed by atoms with van der Waals surface area (Å²) in [6.45, 7) is 6.64. The zero-order chi connectivity index (χ0) is 22.1. The van der Waals surface area contributed by atoms with E-state index in [4.69, 9.17) is 10.1 Å². The lowest BCUT2D eigenvalue weighted by molar-refractivity contribution is 0.198. The molecule has 0 spiro atoms. The Kier molecular flexibility index (Phi) is 8.45. The first-order valence-electron chi connectivity index (χ1n) is 10.9. The number of rotatable bonds is 8. The monoisotopic (exact) mass is 443 g/mol. The molecule has 4 N–H and O–H groups in total. The van der Waals surface area contributed by atoms with Crippen molar-refractivity contribution < 1.29 is 8.42 Å². The molecule has 0 aromatic heterocycles. The number of aliphatic imine (C=N–C) groups is 1. The average molecular weight is 444 g/mol. The van der Waals surface area contributed by atoms with Crippen LogP contribution in [-0.4, -0.2) is 51.5 Å². The molecule has 1 aliphatic heterocycles. The number of benzene rings is 2. The highest BCUT2D eigenvalue weighted by molar-refractivity contribution is 7.89. The summed E-state index contributed by atoms with van der Waals surface area (Å²) in [5.41, 5.74) is 2.39. The molecule has 31 heavy (non-hydrogen) atoms. The van der Waals surface area contributed by atoms with Gasteiger partial charge in [0.25, 0.3) is 0 Å². The maximum absolute atomic E-state index is 11.4. The zero-order valence-corrected chi connectivity index (χ0v) is 18.9. The molecule has 7 nitrogen and oxygen atoms in total. The van der Waals surface area contributed by atoms with E-state index < -0.39 is 10.0 Å². The number of hydrogen-bond donors (Lipinski definition) is 3. The summed E-state index contributed by atoms with van der Waals surface area (Å²) < 4.78 is 22.7. The molecular formula is C23H33N5O2S. The van der Waals surface area contributed by atoms with Crippen molar-refractivity contribution in [1.82, 2.24) is 15.5 Å². The van der Waals surface area contributed by atoms with E-state index in [1.165, 1.54) is 5.56 Å². The Morgan fingerprint density at radius 3 is 2.35 bits per heavy atom. The molecule has 0 atom stereocenters. The molecule has 0 radical (unpaired) electrons. The van der Waals surface area contributed by atoms with Crippen molar-refractivity contribution in [3.05, 3.63) is 65.7 Å². The van der Waals surface area contributed by atoms with Crippen LogP contribution in [0.15, 0.2) is 64.5 Å². The first-order valence-corrected chi connectivity index (χ1v) is 12.4. The van der Waals surface area contributed by atoms with E-state index in [0.29, 0.717) is 12.6 Å². The van der Waals surface area contributed by atoms with Crippen LogP contribution in [0.2, 0.25) is 0 Å². The van der Waals surface area contributed by atoms with Gasteiger partial charge >= 0.3 is 0 Å². The molecule has 0 amide bonds. The third kappa shape index (κ3) is 7.65. The van der Waals surface area contributed by atoms with Crippen molar-refractivity contribution >= 4 is 16.0 Å². The lowest BCUT2D eigenvalue weighted by atomic mass is 10.0. The minimum atomic E-state index is -3.65. The minimum Gasteiger partial charge on any atom is -0.357 e. The molecule has 1 heterocycles. The van der Waals surface area contributed by atoms with Gasteiger partial charge in [-0.15, -0.1) is 0 Å². The summed E-state index contributed by atoms with van der Waals surface area (Å²) in [4.78, 5) is 7.33. The third-order valence-electron chi connectivity index (χ3n) is 5.44. The predicted molar refractivity (Wildman–Crippen MR) is 125 cm³/mol. The van der Waals surface area contributed by atoms with Gasteiger partial charge in [0, 0.05) is 38.8 Å². The molecule has 0 unspecified atom stereocenters. The summed E-state index contributed by atoms with van der Waals surface area (Å²) in [7, 11) is -3.65.